The lowest BCUT2D eigenvalue weighted by atomic mass is 9.85. The van der Waals surface area contributed by atoms with E-state index >= 15 is 0 Å². The first-order valence-corrected chi connectivity index (χ1v) is 11.0. The highest BCUT2D eigenvalue weighted by Crippen LogP contribution is 2.39. The van der Waals surface area contributed by atoms with Gasteiger partial charge in [-0.05, 0) is 44.4 Å². The van der Waals surface area contributed by atoms with Crippen molar-refractivity contribution in [3.63, 3.8) is 0 Å². The SMILES string of the molecule is CCNC(=NCC1(C(=O)N(C)C)CCCC1)NCCC(=O)Nc1cccc(Cl)c1C. The lowest BCUT2D eigenvalue weighted by Crippen LogP contribution is -2.43. The van der Waals surface area contributed by atoms with Crippen LogP contribution in [-0.4, -0.2) is 56.4 Å². The Morgan fingerprint density at radius 3 is 2.53 bits per heavy atom. The second-order valence-corrected chi connectivity index (χ2v) is 8.43. The van der Waals surface area contributed by atoms with Crippen molar-refractivity contribution in [3.8, 4) is 0 Å². The van der Waals surface area contributed by atoms with Gasteiger partial charge in [0.2, 0.25) is 11.8 Å². The number of nitrogens with one attached hydrogen (secondary N) is 3. The van der Waals surface area contributed by atoms with Crippen molar-refractivity contribution in [2.24, 2.45) is 10.4 Å². The molecule has 166 valence electrons. The lowest BCUT2D eigenvalue weighted by molar-refractivity contribution is -0.138. The molecule has 0 radical (unpaired) electrons. The molecule has 0 saturated heterocycles. The zero-order valence-electron chi connectivity index (χ0n) is 18.5. The van der Waals surface area contributed by atoms with Crippen LogP contribution in [0.2, 0.25) is 5.02 Å². The number of anilines is 1. The highest BCUT2D eigenvalue weighted by molar-refractivity contribution is 6.31. The molecular weight excluding hydrogens is 402 g/mol. The van der Waals surface area contributed by atoms with Gasteiger partial charge in [-0.2, -0.15) is 0 Å². The Kier molecular flexibility index (Phi) is 8.96. The number of amides is 2. The van der Waals surface area contributed by atoms with Gasteiger partial charge >= 0.3 is 0 Å². The summed E-state index contributed by atoms with van der Waals surface area (Å²) >= 11 is 6.10. The van der Waals surface area contributed by atoms with Gasteiger partial charge in [0.1, 0.15) is 0 Å². The first kappa shape index (κ1) is 24.0. The average Bonchev–Trinajstić information content (AvgIpc) is 3.19. The van der Waals surface area contributed by atoms with E-state index < -0.39 is 5.41 Å². The lowest BCUT2D eigenvalue weighted by Gasteiger charge is -2.29. The van der Waals surface area contributed by atoms with Gasteiger partial charge in [0, 0.05) is 44.3 Å². The first-order valence-electron chi connectivity index (χ1n) is 10.6. The van der Waals surface area contributed by atoms with E-state index in [-0.39, 0.29) is 18.2 Å². The minimum absolute atomic E-state index is 0.0984. The third kappa shape index (κ3) is 6.36. The Labute approximate surface area is 184 Å². The number of nitrogens with zero attached hydrogens (tertiary/aromatic N) is 2. The molecule has 0 unspecified atom stereocenters. The second kappa shape index (κ2) is 11.2. The molecule has 2 rings (SSSR count). The van der Waals surface area contributed by atoms with Crippen molar-refractivity contribution < 1.29 is 9.59 Å². The number of hydrogen-bond acceptors (Lipinski definition) is 3. The average molecular weight is 436 g/mol. The number of rotatable bonds is 8. The molecule has 3 N–H and O–H groups in total. The molecule has 1 aliphatic rings. The Balaban J connectivity index is 1.92. The normalized spacial score (nSPS) is 15.6. The maximum Gasteiger partial charge on any atom is 0.230 e. The summed E-state index contributed by atoms with van der Waals surface area (Å²) in [5.41, 5.74) is 1.16. The van der Waals surface area contributed by atoms with E-state index in [2.05, 4.69) is 20.9 Å². The number of carbonyl (C=O) groups excluding carboxylic acids is 2. The van der Waals surface area contributed by atoms with Crippen LogP contribution in [0.1, 0.15) is 44.6 Å². The molecule has 0 heterocycles. The van der Waals surface area contributed by atoms with E-state index in [1.807, 2.05) is 26.0 Å². The maximum absolute atomic E-state index is 12.7. The second-order valence-electron chi connectivity index (χ2n) is 8.02. The zero-order valence-corrected chi connectivity index (χ0v) is 19.2. The van der Waals surface area contributed by atoms with Crippen molar-refractivity contribution >= 4 is 35.1 Å². The van der Waals surface area contributed by atoms with Crippen LogP contribution >= 0.6 is 11.6 Å². The maximum atomic E-state index is 12.7. The standard InChI is InChI=1S/C22H34ClN5O2/c1-5-24-21(26-15-22(12-6-7-13-22)20(30)28(3)4)25-14-11-19(29)27-18-10-8-9-17(23)16(18)2/h8-10H,5-7,11-15H2,1-4H3,(H,27,29)(H2,24,25,26). The summed E-state index contributed by atoms with van der Waals surface area (Å²) in [7, 11) is 3.60. The zero-order chi connectivity index (χ0) is 22.1. The van der Waals surface area contributed by atoms with Crippen molar-refractivity contribution in [1.82, 2.24) is 15.5 Å². The number of aliphatic imine (C=N–C) groups is 1. The van der Waals surface area contributed by atoms with Crippen LogP contribution in [0.25, 0.3) is 0 Å². The van der Waals surface area contributed by atoms with Crippen LogP contribution in [-0.2, 0) is 9.59 Å². The van der Waals surface area contributed by atoms with E-state index in [1.54, 1.807) is 25.1 Å². The van der Waals surface area contributed by atoms with Crippen molar-refractivity contribution in [3.05, 3.63) is 28.8 Å². The molecule has 7 nitrogen and oxygen atoms in total. The first-order chi connectivity index (χ1) is 14.3. The molecule has 0 bridgehead atoms. The number of hydrogen-bond donors (Lipinski definition) is 3. The van der Waals surface area contributed by atoms with Crippen LogP contribution in [0.15, 0.2) is 23.2 Å². The van der Waals surface area contributed by atoms with E-state index in [4.69, 9.17) is 11.6 Å². The largest absolute Gasteiger partial charge is 0.357 e. The molecular formula is C22H34ClN5O2. The molecule has 1 fully saturated rings. The fourth-order valence-electron chi connectivity index (χ4n) is 3.79. The summed E-state index contributed by atoms with van der Waals surface area (Å²) in [6, 6.07) is 5.44. The summed E-state index contributed by atoms with van der Waals surface area (Å²) in [4.78, 5) is 31.4. The molecule has 1 saturated carbocycles. The summed E-state index contributed by atoms with van der Waals surface area (Å²) < 4.78 is 0. The smallest absolute Gasteiger partial charge is 0.230 e. The molecule has 1 aliphatic carbocycles. The molecule has 30 heavy (non-hydrogen) atoms. The third-order valence-corrected chi connectivity index (χ3v) is 5.90. The molecule has 1 aromatic rings. The van der Waals surface area contributed by atoms with Crippen LogP contribution in [0.3, 0.4) is 0 Å². The molecule has 0 aliphatic heterocycles. The van der Waals surface area contributed by atoms with Crippen molar-refractivity contribution in [1.29, 1.82) is 0 Å². The van der Waals surface area contributed by atoms with Crippen LogP contribution in [0, 0.1) is 12.3 Å². The summed E-state index contributed by atoms with van der Waals surface area (Å²) in [5, 5.41) is 9.92. The summed E-state index contributed by atoms with van der Waals surface area (Å²) in [6.45, 7) is 5.45. The topological polar surface area (TPSA) is 85.8 Å². The predicted molar refractivity (Wildman–Crippen MR) is 123 cm³/mol. The Hall–Kier alpha value is -2.28. The highest BCUT2D eigenvalue weighted by atomic mass is 35.5. The third-order valence-electron chi connectivity index (χ3n) is 5.49. The van der Waals surface area contributed by atoms with Gasteiger partial charge in [0.05, 0.1) is 12.0 Å². The van der Waals surface area contributed by atoms with Gasteiger partial charge in [-0.15, -0.1) is 0 Å². The monoisotopic (exact) mass is 435 g/mol. The number of carbonyl (C=O) groups is 2. The fourth-order valence-corrected chi connectivity index (χ4v) is 3.96. The van der Waals surface area contributed by atoms with E-state index in [0.29, 0.717) is 30.6 Å². The summed E-state index contributed by atoms with van der Waals surface area (Å²) in [6.07, 6.45) is 4.14. The minimum Gasteiger partial charge on any atom is -0.357 e. The number of halogens is 1. The van der Waals surface area contributed by atoms with E-state index in [0.717, 1.165) is 36.9 Å². The molecule has 0 spiro atoms. The van der Waals surface area contributed by atoms with E-state index in [1.165, 1.54) is 0 Å². The molecule has 1 aromatic carbocycles. The van der Waals surface area contributed by atoms with Crippen LogP contribution < -0.4 is 16.0 Å². The van der Waals surface area contributed by atoms with Crippen LogP contribution in [0.4, 0.5) is 5.69 Å². The fraction of sp³-hybridized carbons (Fsp3) is 0.591. The van der Waals surface area contributed by atoms with E-state index in [9.17, 15) is 9.59 Å². The van der Waals surface area contributed by atoms with Gasteiger partial charge in [0.25, 0.3) is 0 Å². The van der Waals surface area contributed by atoms with Crippen molar-refractivity contribution in [2.75, 3.05) is 39.0 Å². The Morgan fingerprint density at radius 2 is 1.90 bits per heavy atom. The van der Waals surface area contributed by atoms with Crippen molar-refractivity contribution in [2.45, 2.75) is 46.0 Å². The number of guanidine groups is 1. The van der Waals surface area contributed by atoms with Gasteiger partial charge in [-0.3, -0.25) is 14.6 Å². The van der Waals surface area contributed by atoms with Gasteiger partial charge in [-0.1, -0.05) is 30.5 Å². The summed E-state index contributed by atoms with van der Waals surface area (Å²) in [5.74, 6) is 0.677. The molecule has 0 atom stereocenters. The number of benzene rings is 1. The molecule has 8 heteroatoms. The molecule has 0 aromatic heterocycles. The Morgan fingerprint density at radius 1 is 1.20 bits per heavy atom. The molecule has 2 amide bonds. The highest BCUT2D eigenvalue weighted by Gasteiger charge is 2.42. The van der Waals surface area contributed by atoms with Gasteiger partial charge < -0.3 is 20.9 Å². The van der Waals surface area contributed by atoms with Crippen LogP contribution in [0.5, 0.6) is 0 Å². The predicted octanol–water partition coefficient (Wildman–Crippen LogP) is 3.18. The Bertz CT molecular complexity index is 773. The van der Waals surface area contributed by atoms with Gasteiger partial charge in [-0.25, -0.2) is 0 Å². The quantitative estimate of drug-likeness (QED) is 0.432. The minimum atomic E-state index is -0.409. The van der Waals surface area contributed by atoms with Gasteiger partial charge in [0.15, 0.2) is 5.96 Å².